The van der Waals surface area contributed by atoms with Crippen molar-refractivity contribution in [3.63, 3.8) is 0 Å². The van der Waals surface area contributed by atoms with Crippen molar-refractivity contribution in [2.75, 3.05) is 0 Å². The predicted molar refractivity (Wildman–Crippen MR) is 102 cm³/mol. The van der Waals surface area contributed by atoms with E-state index in [9.17, 15) is 29.7 Å². The van der Waals surface area contributed by atoms with Gasteiger partial charge in [0.05, 0.1) is 17.4 Å². The van der Waals surface area contributed by atoms with Gasteiger partial charge in [0.25, 0.3) is 0 Å². The first-order valence-electron chi connectivity index (χ1n) is 10.5. The molecule has 0 aromatic carbocycles. The van der Waals surface area contributed by atoms with E-state index >= 15 is 0 Å². The van der Waals surface area contributed by atoms with Crippen LogP contribution in [0.15, 0.2) is 0 Å². The molecule has 1 aliphatic carbocycles. The second-order valence-electron chi connectivity index (χ2n) is 7.98. The van der Waals surface area contributed by atoms with Gasteiger partial charge in [-0.15, -0.1) is 0 Å². The lowest BCUT2D eigenvalue weighted by Gasteiger charge is -2.39. The Kier molecular flexibility index (Phi) is 9.99. The number of hydrogen-bond acceptors (Lipinski definition) is 4. The highest BCUT2D eigenvalue weighted by atomic mass is 16.4. The zero-order chi connectivity index (χ0) is 20.4. The zero-order valence-electron chi connectivity index (χ0n) is 16.8. The average molecular weight is 385 g/mol. The highest BCUT2D eigenvalue weighted by Gasteiger charge is 2.57. The van der Waals surface area contributed by atoms with Crippen molar-refractivity contribution >= 4 is 17.7 Å². The number of rotatable bonds is 14. The van der Waals surface area contributed by atoms with E-state index in [4.69, 9.17) is 0 Å². The van der Waals surface area contributed by atoms with E-state index in [2.05, 4.69) is 6.92 Å². The first-order valence-corrected chi connectivity index (χ1v) is 10.5. The van der Waals surface area contributed by atoms with Crippen LogP contribution in [-0.2, 0) is 14.4 Å². The summed E-state index contributed by atoms with van der Waals surface area (Å²) in [7, 11) is 0. The second-order valence-corrected chi connectivity index (χ2v) is 7.98. The molecule has 1 rings (SSSR count). The molecule has 1 aliphatic rings. The molecular weight excluding hydrogens is 348 g/mol. The lowest BCUT2D eigenvalue weighted by atomic mass is 9.61. The minimum Gasteiger partial charge on any atom is -0.481 e. The molecule has 0 radical (unpaired) electrons. The summed E-state index contributed by atoms with van der Waals surface area (Å²) < 4.78 is 0. The Bertz CT molecular complexity index is 503. The fourth-order valence-electron chi connectivity index (χ4n) is 4.55. The molecule has 0 amide bonds. The van der Waals surface area contributed by atoms with Gasteiger partial charge in [-0.25, -0.2) is 0 Å². The number of carboxylic acids is 2. The van der Waals surface area contributed by atoms with E-state index < -0.39 is 35.3 Å². The molecule has 0 saturated heterocycles. The summed E-state index contributed by atoms with van der Waals surface area (Å²) in [5.74, 6) is -4.36. The summed E-state index contributed by atoms with van der Waals surface area (Å²) >= 11 is 0. The van der Waals surface area contributed by atoms with Gasteiger partial charge in [0, 0.05) is 12.3 Å². The van der Waals surface area contributed by atoms with E-state index in [1.165, 1.54) is 0 Å². The molecule has 4 atom stereocenters. The maximum atomic E-state index is 12.5. The van der Waals surface area contributed by atoms with E-state index in [0.29, 0.717) is 32.1 Å². The van der Waals surface area contributed by atoms with Gasteiger partial charge in [0.2, 0.25) is 0 Å². The summed E-state index contributed by atoms with van der Waals surface area (Å²) in [5.41, 5.74) is -1.62. The largest absolute Gasteiger partial charge is 0.481 e. The molecule has 27 heavy (non-hydrogen) atoms. The van der Waals surface area contributed by atoms with Gasteiger partial charge in [-0.2, -0.15) is 0 Å². The van der Waals surface area contributed by atoms with Gasteiger partial charge >= 0.3 is 11.9 Å². The van der Waals surface area contributed by atoms with Gasteiger partial charge in [-0.1, -0.05) is 46.0 Å². The van der Waals surface area contributed by atoms with E-state index in [1.807, 2.05) is 6.92 Å². The minimum atomic E-state index is -1.62. The summed E-state index contributed by atoms with van der Waals surface area (Å²) in [6.07, 6.45) is 6.01. The molecular formula is C21H36O6. The van der Waals surface area contributed by atoms with Crippen LogP contribution in [0, 0.1) is 17.3 Å². The lowest BCUT2D eigenvalue weighted by molar-refractivity contribution is -0.171. The van der Waals surface area contributed by atoms with Crippen molar-refractivity contribution in [3.05, 3.63) is 0 Å². The third kappa shape index (κ3) is 6.03. The number of ketones is 1. The molecule has 1 saturated carbocycles. The Hall–Kier alpha value is -1.43. The van der Waals surface area contributed by atoms with Gasteiger partial charge in [-0.05, 0) is 38.5 Å². The molecule has 0 aliphatic heterocycles. The fraction of sp³-hybridized carbons (Fsp3) is 0.857. The summed E-state index contributed by atoms with van der Waals surface area (Å²) in [4.78, 5) is 36.9. The standard InChI is InChI=1S/C21H36O6/c1-3-5-7-9-15(22)13-14-21(20(26)27,16-11-8-12-18(16)23)17(19(24)25)10-6-4-2/h15-17,22H,3-14H2,1-2H3,(H,24,25)(H,26,27). The van der Waals surface area contributed by atoms with E-state index in [0.717, 1.165) is 25.7 Å². The Morgan fingerprint density at radius 3 is 2.22 bits per heavy atom. The molecule has 0 aromatic rings. The predicted octanol–water partition coefficient (Wildman–Crippen LogP) is 4.04. The van der Waals surface area contributed by atoms with Crippen LogP contribution in [0.5, 0.6) is 0 Å². The molecule has 1 fully saturated rings. The number of carboxylic acid groups (broad SMARTS) is 2. The average Bonchev–Trinajstić information content (AvgIpc) is 3.04. The highest BCUT2D eigenvalue weighted by Crippen LogP contribution is 2.49. The maximum Gasteiger partial charge on any atom is 0.311 e. The lowest BCUT2D eigenvalue weighted by Crippen LogP contribution is -2.50. The first-order chi connectivity index (χ1) is 12.8. The number of carbonyl (C=O) groups excluding carboxylic acids is 1. The van der Waals surface area contributed by atoms with Crippen LogP contribution < -0.4 is 0 Å². The van der Waals surface area contributed by atoms with E-state index in [-0.39, 0.29) is 25.0 Å². The topological polar surface area (TPSA) is 112 Å². The van der Waals surface area contributed by atoms with Gasteiger partial charge in [-0.3, -0.25) is 14.4 Å². The third-order valence-electron chi connectivity index (χ3n) is 6.12. The molecule has 0 spiro atoms. The third-order valence-corrected chi connectivity index (χ3v) is 6.12. The number of carbonyl (C=O) groups is 3. The van der Waals surface area contributed by atoms with Crippen molar-refractivity contribution in [3.8, 4) is 0 Å². The SMILES string of the molecule is CCCCCC(O)CCC(C(=O)O)(C(CCCC)C(=O)O)C1CCCC1=O. The Balaban J connectivity index is 3.13. The molecule has 0 bridgehead atoms. The van der Waals surface area contributed by atoms with E-state index in [1.54, 1.807) is 0 Å². The summed E-state index contributed by atoms with van der Waals surface area (Å²) in [6.45, 7) is 4.00. The monoisotopic (exact) mass is 384 g/mol. The summed E-state index contributed by atoms with van der Waals surface area (Å²) in [5, 5.41) is 30.3. The van der Waals surface area contributed by atoms with Crippen LogP contribution in [0.4, 0.5) is 0 Å². The van der Waals surface area contributed by atoms with Crippen LogP contribution in [0.1, 0.15) is 90.9 Å². The molecule has 0 heterocycles. The van der Waals surface area contributed by atoms with Crippen LogP contribution in [0.3, 0.4) is 0 Å². The second kappa shape index (κ2) is 11.4. The maximum absolute atomic E-state index is 12.5. The molecule has 6 nitrogen and oxygen atoms in total. The summed E-state index contributed by atoms with van der Waals surface area (Å²) in [6, 6.07) is 0. The van der Waals surface area contributed by atoms with Crippen molar-refractivity contribution in [2.45, 2.75) is 97.0 Å². The smallest absolute Gasteiger partial charge is 0.311 e. The van der Waals surface area contributed by atoms with Gasteiger partial charge in [0.1, 0.15) is 5.78 Å². The number of hydrogen-bond donors (Lipinski definition) is 3. The normalized spacial score (nSPS) is 21.6. The Morgan fingerprint density at radius 1 is 1.07 bits per heavy atom. The van der Waals surface area contributed by atoms with Crippen molar-refractivity contribution < 1.29 is 29.7 Å². The van der Waals surface area contributed by atoms with Crippen LogP contribution in [0.25, 0.3) is 0 Å². The van der Waals surface area contributed by atoms with Crippen LogP contribution >= 0.6 is 0 Å². The minimum absolute atomic E-state index is 0.0344. The number of aliphatic carboxylic acids is 2. The van der Waals surface area contributed by atoms with Gasteiger partial charge < -0.3 is 15.3 Å². The fourth-order valence-corrected chi connectivity index (χ4v) is 4.55. The Labute approximate surface area is 162 Å². The van der Waals surface area contributed by atoms with Crippen molar-refractivity contribution in [2.24, 2.45) is 17.3 Å². The quantitative estimate of drug-likeness (QED) is 0.390. The zero-order valence-corrected chi connectivity index (χ0v) is 16.8. The molecule has 3 N–H and O–H groups in total. The number of unbranched alkanes of at least 4 members (excludes halogenated alkanes) is 3. The van der Waals surface area contributed by atoms with Crippen LogP contribution in [-0.4, -0.2) is 39.1 Å². The van der Waals surface area contributed by atoms with Gasteiger partial charge in [0.15, 0.2) is 0 Å². The van der Waals surface area contributed by atoms with Crippen molar-refractivity contribution in [1.29, 1.82) is 0 Å². The Morgan fingerprint density at radius 2 is 1.74 bits per heavy atom. The number of Topliss-reactive ketones (excluding diaryl/α,β-unsaturated/α-hetero) is 1. The molecule has 0 aromatic heterocycles. The van der Waals surface area contributed by atoms with Crippen LogP contribution in [0.2, 0.25) is 0 Å². The molecule has 4 unspecified atom stereocenters. The first kappa shape index (κ1) is 23.6. The van der Waals surface area contributed by atoms with Crippen molar-refractivity contribution in [1.82, 2.24) is 0 Å². The highest BCUT2D eigenvalue weighted by molar-refractivity contribution is 5.93. The molecule has 156 valence electrons. The number of aliphatic hydroxyl groups is 1. The number of aliphatic hydroxyl groups excluding tert-OH is 1. The molecule has 6 heteroatoms.